The van der Waals surface area contributed by atoms with Crippen molar-refractivity contribution < 1.29 is 14.4 Å². The Kier molecular flexibility index (Phi) is 7.12. The van der Waals surface area contributed by atoms with Gasteiger partial charge in [-0.1, -0.05) is 41.9 Å². The summed E-state index contributed by atoms with van der Waals surface area (Å²) in [6.45, 7) is 0.821. The third kappa shape index (κ3) is 4.94. The minimum absolute atomic E-state index is 0.0741. The number of thioether (sulfide) groups is 1. The van der Waals surface area contributed by atoms with E-state index in [4.69, 9.17) is 11.6 Å². The molecule has 1 aliphatic rings. The Morgan fingerprint density at radius 2 is 1.64 bits per heavy atom. The summed E-state index contributed by atoms with van der Waals surface area (Å²) >= 11 is 7.82. The zero-order valence-electron chi connectivity index (χ0n) is 15.3. The van der Waals surface area contributed by atoms with Crippen LogP contribution in [0.3, 0.4) is 0 Å². The second kappa shape index (κ2) is 9.75. The van der Waals surface area contributed by atoms with Crippen molar-refractivity contribution in [3.8, 4) is 0 Å². The highest BCUT2D eigenvalue weighted by Gasteiger charge is 2.34. The Hall–Kier alpha value is -2.31. The highest BCUT2D eigenvalue weighted by atomic mass is 35.5. The van der Waals surface area contributed by atoms with Gasteiger partial charge in [0.15, 0.2) is 0 Å². The molecule has 0 aliphatic carbocycles. The maximum atomic E-state index is 12.3. The molecular weight excluding hydrogens is 396 g/mol. The maximum absolute atomic E-state index is 12.3. The van der Waals surface area contributed by atoms with E-state index in [2.05, 4.69) is 5.32 Å². The van der Waals surface area contributed by atoms with Gasteiger partial charge in [-0.2, -0.15) is 11.8 Å². The molecule has 0 fully saturated rings. The number of imide groups is 1. The van der Waals surface area contributed by atoms with E-state index < -0.39 is 0 Å². The molecule has 0 spiro atoms. The first-order valence-corrected chi connectivity index (χ1v) is 10.6. The molecule has 1 N–H and O–H groups in total. The lowest BCUT2D eigenvalue weighted by Crippen LogP contribution is -2.32. The molecule has 3 rings (SSSR count). The lowest BCUT2D eigenvalue weighted by atomic mass is 10.1. The monoisotopic (exact) mass is 416 g/mol. The van der Waals surface area contributed by atoms with E-state index in [1.807, 2.05) is 24.3 Å². The standard InChI is InChI=1S/C21H21ClN2O3S/c22-18-9-4-1-6-15(18)14-28-13-11-23-19(25)10-5-12-24-20(26)16-7-2-3-8-17(16)21(24)27/h1-4,6-9H,5,10-14H2,(H,23,25). The molecular formula is C21H21ClN2O3S. The highest BCUT2D eigenvalue weighted by molar-refractivity contribution is 7.98. The molecule has 28 heavy (non-hydrogen) atoms. The molecule has 0 bridgehead atoms. The second-order valence-electron chi connectivity index (χ2n) is 6.41. The molecule has 2 aromatic carbocycles. The van der Waals surface area contributed by atoms with Crippen molar-refractivity contribution in [3.05, 3.63) is 70.2 Å². The minimum atomic E-state index is -0.281. The third-order valence-corrected chi connectivity index (χ3v) is 5.82. The van der Waals surface area contributed by atoms with Gasteiger partial charge in [0.25, 0.3) is 11.8 Å². The van der Waals surface area contributed by atoms with Gasteiger partial charge >= 0.3 is 0 Å². The molecule has 3 amide bonds. The number of carbonyl (C=O) groups excluding carboxylic acids is 3. The van der Waals surface area contributed by atoms with Crippen molar-refractivity contribution in [2.45, 2.75) is 18.6 Å². The van der Waals surface area contributed by atoms with Gasteiger partial charge in [-0.3, -0.25) is 19.3 Å². The van der Waals surface area contributed by atoms with E-state index in [-0.39, 0.29) is 30.7 Å². The molecule has 0 atom stereocenters. The van der Waals surface area contributed by atoms with Crippen molar-refractivity contribution in [2.75, 3.05) is 18.8 Å². The first-order valence-electron chi connectivity index (χ1n) is 9.11. The summed E-state index contributed by atoms with van der Waals surface area (Å²) in [5.74, 6) is 0.953. The first kappa shape index (κ1) is 20.4. The number of nitrogens with zero attached hydrogens (tertiary/aromatic N) is 1. The average Bonchev–Trinajstić information content (AvgIpc) is 2.94. The van der Waals surface area contributed by atoms with Crippen LogP contribution in [0, 0.1) is 0 Å². The topological polar surface area (TPSA) is 66.5 Å². The lowest BCUT2D eigenvalue weighted by Gasteiger charge is -2.13. The first-order chi connectivity index (χ1) is 13.6. The van der Waals surface area contributed by atoms with Crippen LogP contribution in [0.1, 0.15) is 39.1 Å². The van der Waals surface area contributed by atoms with E-state index in [0.29, 0.717) is 24.1 Å². The van der Waals surface area contributed by atoms with Gasteiger partial charge in [0.1, 0.15) is 0 Å². The van der Waals surface area contributed by atoms with Crippen LogP contribution < -0.4 is 5.32 Å². The molecule has 0 radical (unpaired) electrons. The Labute approximate surface area is 173 Å². The molecule has 1 aliphatic heterocycles. The summed E-state index contributed by atoms with van der Waals surface area (Å²) in [6.07, 6.45) is 0.729. The summed E-state index contributed by atoms with van der Waals surface area (Å²) in [5.41, 5.74) is 1.96. The summed E-state index contributed by atoms with van der Waals surface area (Å²) in [4.78, 5) is 37.7. The van der Waals surface area contributed by atoms with Crippen molar-refractivity contribution in [3.63, 3.8) is 0 Å². The fourth-order valence-electron chi connectivity index (χ4n) is 2.99. The van der Waals surface area contributed by atoms with Crippen molar-refractivity contribution in [1.82, 2.24) is 10.2 Å². The highest BCUT2D eigenvalue weighted by Crippen LogP contribution is 2.23. The van der Waals surface area contributed by atoms with Gasteiger partial charge in [0.05, 0.1) is 11.1 Å². The van der Waals surface area contributed by atoms with Gasteiger partial charge < -0.3 is 5.32 Å². The number of fused-ring (bicyclic) bond motifs is 1. The van der Waals surface area contributed by atoms with Crippen LogP contribution in [0.2, 0.25) is 5.02 Å². The van der Waals surface area contributed by atoms with Crippen molar-refractivity contribution >= 4 is 41.1 Å². The van der Waals surface area contributed by atoms with Crippen LogP contribution in [-0.2, 0) is 10.5 Å². The van der Waals surface area contributed by atoms with E-state index in [9.17, 15) is 14.4 Å². The summed E-state index contributed by atoms with van der Waals surface area (Å²) in [5, 5.41) is 3.62. The number of amides is 3. The average molecular weight is 417 g/mol. The Morgan fingerprint density at radius 1 is 1.00 bits per heavy atom. The van der Waals surface area contributed by atoms with Gasteiger partial charge in [0, 0.05) is 36.0 Å². The molecule has 1 heterocycles. The molecule has 0 saturated heterocycles. The summed E-state index contributed by atoms with van der Waals surface area (Å²) < 4.78 is 0. The molecule has 0 unspecified atom stereocenters. The van der Waals surface area contributed by atoms with Crippen LogP contribution in [-0.4, -0.2) is 41.5 Å². The smallest absolute Gasteiger partial charge is 0.261 e. The number of rotatable bonds is 9. The number of benzene rings is 2. The van der Waals surface area contributed by atoms with Gasteiger partial charge in [0.2, 0.25) is 5.91 Å². The molecule has 0 saturated carbocycles. The van der Waals surface area contributed by atoms with Crippen LogP contribution in [0.4, 0.5) is 0 Å². The molecule has 146 valence electrons. The molecule has 7 heteroatoms. The fourth-order valence-corrected chi connectivity index (χ4v) is 4.13. The van der Waals surface area contributed by atoms with E-state index in [0.717, 1.165) is 22.1 Å². The Bertz CT molecular complexity index is 852. The SMILES string of the molecule is O=C(CCCN1C(=O)c2ccccc2C1=O)NCCSCc1ccccc1Cl. The van der Waals surface area contributed by atoms with Crippen molar-refractivity contribution in [2.24, 2.45) is 0 Å². The lowest BCUT2D eigenvalue weighted by molar-refractivity contribution is -0.121. The van der Waals surface area contributed by atoms with Crippen LogP contribution in [0.15, 0.2) is 48.5 Å². The predicted octanol–water partition coefficient (Wildman–Crippen LogP) is 3.77. The predicted molar refractivity (Wildman–Crippen MR) is 112 cm³/mol. The van der Waals surface area contributed by atoms with Gasteiger partial charge in [-0.15, -0.1) is 0 Å². The molecule has 5 nitrogen and oxygen atoms in total. The number of hydrogen-bond donors (Lipinski definition) is 1. The second-order valence-corrected chi connectivity index (χ2v) is 7.92. The number of hydrogen-bond acceptors (Lipinski definition) is 4. The van der Waals surface area contributed by atoms with Gasteiger partial charge in [-0.05, 0) is 30.2 Å². The van der Waals surface area contributed by atoms with Gasteiger partial charge in [-0.25, -0.2) is 0 Å². The fraction of sp³-hybridized carbons (Fsp3) is 0.286. The summed E-state index contributed by atoms with van der Waals surface area (Å²) in [6, 6.07) is 14.5. The minimum Gasteiger partial charge on any atom is -0.355 e. The molecule has 2 aromatic rings. The number of carbonyl (C=O) groups is 3. The zero-order chi connectivity index (χ0) is 19.9. The largest absolute Gasteiger partial charge is 0.355 e. The molecule has 0 aromatic heterocycles. The number of nitrogens with one attached hydrogen (secondary N) is 1. The summed E-state index contributed by atoms with van der Waals surface area (Å²) in [7, 11) is 0. The normalized spacial score (nSPS) is 13.0. The number of halogens is 1. The van der Waals surface area contributed by atoms with Crippen LogP contribution >= 0.6 is 23.4 Å². The van der Waals surface area contributed by atoms with Crippen LogP contribution in [0.25, 0.3) is 0 Å². The zero-order valence-corrected chi connectivity index (χ0v) is 16.9. The van der Waals surface area contributed by atoms with E-state index in [1.165, 1.54) is 4.90 Å². The Morgan fingerprint density at radius 3 is 2.32 bits per heavy atom. The third-order valence-electron chi connectivity index (χ3n) is 4.45. The Balaban J connectivity index is 1.32. The van der Waals surface area contributed by atoms with E-state index in [1.54, 1.807) is 36.0 Å². The quantitative estimate of drug-likeness (QED) is 0.499. The van der Waals surface area contributed by atoms with E-state index >= 15 is 0 Å². The van der Waals surface area contributed by atoms with Crippen molar-refractivity contribution in [1.29, 1.82) is 0 Å². The maximum Gasteiger partial charge on any atom is 0.261 e. The van der Waals surface area contributed by atoms with Crippen LogP contribution in [0.5, 0.6) is 0 Å².